The third-order valence-electron chi connectivity index (χ3n) is 0.997. The first kappa shape index (κ1) is 9.91. The Morgan fingerprint density at radius 3 is 2.55 bits per heavy atom. The molecule has 0 aromatic carbocycles. The standard InChI is InChI=1S/C5H7N3O2S/c1-7-5(11-2)4(3-6)8(9)10/h4H,1-2H3. The zero-order chi connectivity index (χ0) is 8.85. The van der Waals surface area contributed by atoms with E-state index in [1.165, 1.54) is 7.05 Å². The molecule has 0 aromatic rings. The van der Waals surface area contributed by atoms with Gasteiger partial charge in [0.25, 0.3) is 0 Å². The van der Waals surface area contributed by atoms with Crippen LogP contribution in [0.15, 0.2) is 4.99 Å². The van der Waals surface area contributed by atoms with Crippen molar-refractivity contribution in [2.75, 3.05) is 13.3 Å². The number of hydrogen-bond acceptors (Lipinski definition) is 5. The van der Waals surface area contributed by atoms with Gasteiger partial charge in [-0.3, -0.25) is 15.1 Å². The second-order valence-corrected chi connectivity index (χ2v) is 2.41. The highest BCUT2D eigenvalue weighted by atomic mass is 32.2. The Morgan fingerprint density at radius 2 is 2.45 bits per heavy atom. The van der Waals surface area contributed by atoms with E-state index in [9.17, 15) is 10.1 Å². The van der Waals surface area contributed by atoms with Crippen LogP contribution in [0.4, 0.5) is 0 Å². The SMILES string of the molecule is CN=C(SC)C(C#N)[N+](=O)[O-]. The summed E-state index contributed by atoms with van der Waals surface area (Å²) in [5.41, 5.74) is 0. The number of nitrogens with zero attached hydrogens (tertiary/aromatic N) is 3. The van der Waals surface area contributed by atoms with Crippen molar-refractivity contribution in [3.05, 3.63) is 10.1 Å². The smallest absolute Gasteiger partial charge is 0.278 e. The molecular weight excluding hydrogens is 166 g/mol. The summed E-state index contributed by atoms with van der Waals surface area (Å²) in [5, 5.41) is 18.8. The monoisotopic (exact) mass is 173 g/mol. The third kappa shape index (κ3) is 2.55. The molecule has 0 spiro atoms. The highest BCUT2D eigenvalue weighted by Gasteiger charge is 2.25. The van der Waals surface area contributed by atoms with Gasteiger partial charge in [-0.05, 0) is 6.26 Å². The van der Waals surface area contributed by atoms with Crippen LogP contribution >= 0.6 is 11.8 Å². The molecule has 0 saturated carbocycles. The van der Waals surface area contributed by atoms with Crippen LogP contribution in [0, 0.1) is 21.4 Å². The third-order valence-corrected chi connectivity index (χ3v) is 1.82. The molecule has 0 aliphatic carbocycles. The molecule has 1 atom stereocenters. The highest BCUT2D eigenvalue weighted by Crippen LogP contribution is 2.05. The van der Waals surface area contributed by atoms with E-state index in [0.717, 1.165) is 11.8 Å². The van der Waals surface area contributed by atoms with Crippen molar-refractivity contribution < 1.29 is 4.92 Å². The van der Waals surface area contributed by atoms with Crippen molar-refractivity contribution in [2.45, 2.75) is 6.04 Å². The fourth-order valence-electron chi connectivity index (χ4n) is 0.518. The minimum atomic E-state index is -1.31. The largest absolute Gasteiger partial charge is 0.343 e. The Labute approximate surface area is 68.3 Å². The molecule has 11 heavy (non-hydrogen) atoms. The minimum absolute atomic E-state index is 0.234. The molecule has 0 heterocycles. The molecule has 0 radical (unpaired) electrons. The van der Waals surface area contributed by atoms with Gasteiger partial charge in [0.2, 0.25) is 0 Å². The second-order valence-electron chi connectivity index (χ2n) is 1.58. The summed E-state index contributed by atoms with van der Waals surface area (Å²) in [7, 11) is 1.43. The second kappa shape index (κ2) is 4.68. The van der Waals surface area contributed by atoms with Gasteiger partial charge in [0.05, 0.1) is 0 Å². The molecule has 0 bridgehead atoms. The van der Waals surface area contributed by atoms with E-state index in [1.54, 1.807) is 12.3 Å². The fraction of sp³-hybridized carbons (Fsp3) is 0.600. The number of thioether (sulfide) groups is 1. The van der Waals surface area contributed by atoms with E-state index in [1.807, 2.05) is 0 Å². The number of nitro groups is 1. The van der Waals surface area contributed by atoms with E-state index in [-0.39, 0.29) is 5.04 Å². The minimum Gasteiger partial charge on any atom is -0.278 e. The van der Waals surface area contributed by atoms with Gasteiger partial charge in [0.15, 0.2) is 11.1 Å². The number of hydrogen-bond donors (Lipinski definition) is 0. The first-order valence-corrected chi connectivity index (χ1v) is 3.93. The van der Waals surface area contributed by atoms with E-state index in [4.69, 9.17) is 5.26 Å². The molecule has 0 fully saturated rings. The summed E-state index contributed by atoms with van der Waals surface area (Å²) in [6.07, 6.45) is 1.65. The highest BCUT2D eigenvalue weighted by molar-refractivity contribution is 8.13. The van der Waals surface area contributed by atoms with Crippen LogP contribution in [0.25, 0.3) is 0 Å². The maximum Gasteiger partial charge on any atom is 0.343 e. The molecule has 1 unspecified atom stereocenters. The molecule has 0 saturated heterocycles. The van der Waals surface area contributed by atoms with Gasteiger partial charge in [-0.15, -0.1) is 11.8 Å². The predicted octanol–water partition coefficient (Wildman–Crippen LogP) is 0.547. The molecule has 0 aliphatic rings. The quantitative estimate of drug-likeness (QED) is 0.264. The van der Waals surface area contributed by atoms with E-state index in [0.29, 0.717) is 0 Å². The predicted molar refractivity (Wildman–Crippen MR) is 43.3 cm³/mol. The molecule has 5 nitrogen and oxygen atoms in total. The van der Waals surface area contributed by atoms with Crippen LogP contribution in [-0.4, -0.2) is 29.3 Å². The molecular formula is C5H7N3O2S. The van der Waals surface area contributed by atoms with E-state index < -0.39 is 11.0 Å². The Morgan fingerprint density at radius 1 is 1.91 bits per heavy atom. The van der Waals surface area contributed by atoms with Gasteiger partial charge in [-0.25, -0.2) is 0 Å². The van der Waals surface area contributed by atoms with Crippen molar-refractivity contribution in [1.82, 2.24) is 0 Å². The summed E-state index contributed by atoms with van der Waals surface area (Å²) in [4.78, 5) is 13.1. The Kier molecular flexibility index (Phi) is 4.22. The Bertz CT molecular complexity index is 220. The summed E-state index contributed by atoms with van der Waals surface area (Å²) in [6, 6.07) is 0.243. The summed E-state index contributed by atoms with van der Waals surface area (Å²) >= 11 is 1.12. The van der Waals surface area contributed by atoms with Crippen LogP contribution < -0.4 is 0 Å². The van der Waals surface area contributed by atoms with Gasteiger partial charge >= 0.3 is 6.04 Å². The average molecular weight is 173 g/mol. The lowest BCUT2D eigenvalue weighted by Crippen LogP contribution is -2.25. The van der Waals surface area contributed by atoms with Crippen molar-refractivity contribution in [2.24, 2.45) is 4.99 Å². The maximum absolute atomic E-state index is 10.2. The van der Waals surface area contributed by atoms with Crippen molar-refractivity contribution in [1.29, 1.82) is 5.26 Å². The first-order chi connectivity index (χ1) is 5.17. The van der Waals surface area contributed by atoms with Crippen LogP contribution in [0.5, 0.6) is 0 Å². The maximum atomic E-state index is 10.2. The van der Waals surface area contributed by atoms with Gasteiger partial charge in [-0.1, -0.05) is 0 Å². The lowest BCUT2D eigenvalue weighted by molar-refractivity contribution is -0.487. The number of aliphatic imine (C=N–C) groups is 1. The van der Waals surface area contributed by atoms with E-state index >= 15 is 0 Å². The van der Waals surface area contributed by atoms with Crippen LogP contribution in [0.3, 0.4) is 0 Å². The van der Waals surface area contributed by atoms with Gasteiger partial charge < -0.3 is 0 Å². The topological polar surface area (TPSA) is 79.3 Å². The molecule has 0 N–H and O–H groups in total. The Hall–Kier alpha value is -1.09. The van der Waals surface area contributed by atoms with Crippen molar-refractivity contribution in [3.8, 4) is 6.07 Å². The van der Waals surface area contributed by atoms with Gasteiger partial charge in [0.1, 0.15) is 0 Å². The van der Waals surface area contributed by atoms with Gasteiger partial charge in [0, 0.05) is 12.0 Å². The van der Waals surface area contributed by atoms with Crippen LogP contribution in [0.2, 0.25) is 0 Å². The Balaban J connectivity index is 4.52. The van der Waals surface area contributed by atoms with E-state index in [2.05, 4.69) is 4.99 Å². The van der Waals surface area contributed by atoms with Crippen LogP contribution in [-0.2, 0) is 0 Å². The number of rotatable bonds is 2. The van der Waals surface area contributed by atoms with Gasteiger partial charge in [-0.2, -0.15) is 5.26 Å². The van der Waals surface area contributed by atoms with Crippen LogP contribution in [0.1, 0.15) is 0 Å². The lowest BCUT2D eigenvalue weighted by atomic mass is 10.4. The fourth-order valence-corrected chi connectivity index (χ4v) is 1.06. The van der Waals surface area contributed by atoms with Crippen molar-refractivity contribution in [3.63, 3.8) is 0 Å². The first-order valence-electron chi connectivity index (χ1n) is 2.71. The zero-order valence-electron chi connectivity index (χ0n) is 6.14. The molecule has 0 aliphatic heterocycles. The zero-order valence-corrected chi connectivity index (χ0v) is 6.96. The molecule has 60 valence electrons. The molecule has 0 rings (SSSR count). The lowest BCUT2D eigenvalue weighted by Gasteiger charge is -1.99. The van der Waals surface area contributed by atoms with Crippen molar-refractivity contribution >= 4 is 16.8 Å². The molecule has 0 aromatic heterocycles. The molecule has 0 amide bonds. The number of nitriles is 1. The normalized spacial score (nSPS) is 13.7. The average Bonchev–Trinajstić information content (AvgIpc) is 1.99. The molecule has 6 heteroatoms. The summed E-state index contributed by atoms with van der Waals surface area (Å²) in [6.45, 7) is 0. The summed E-state index contributed by atoms with van der Waals surface area (Å²) < 4.78 is 0. The summed E-state index contributed by atoms with van der Waals surface area (Å²) in [5.74, 6) is 0.